The van der Waals surface area contributed by atoms with Crippen LogP contribution in [0.25, 0.3) is 0 Å². The summed E-state index contributed by atoms with van der Waals surface area (Å²) in [5.41, 5.74) is 0.190. The van der Waals surface area contributed by atoms with Gasteiger partial charge in [-0.05, 0) is 31.0 Å². The number of rotatable bonds is 5. The number of hydrogen-bond donors (Lipinski definition) is 1. The summed E-state index contributed by atoms with van der Waals surface area (Å²) < 4.78 is 36.3. The maximum Gasteiger partial charge on any atom is 0.254 e. The molecule has 0 saturated carbocycles. The van der Waals surface area contributed by atoms with Crippen molar-refractivity contribution in [1.29, 1.82) is 0 Å². The van der Waals surface area contributed by atoms with Gasteiger partial charge in [-0.3, -0.25) is 4.79 Å². The molecule has 0 saturated heterocycles. The van der Waals surface area contributed by atoms with Crippen LogP contribution in [0, 0.1) is 12.7 Å². The average molecular weight is 302 g/mol. The van der Waals surface area contributed by atoms with E-state index in [9.17, 15) is 17.6 Å². The van der Waals surface area contributed by atoms with Gasteiger partial charge in [-0.15, -0.1) is 0 Å². The van der Waals surface area contributed by atoms with Crippen LogP contribution in [0.15, 0.2) is 17.0 Å². The van der Waals surface area contributed by atoms with Crippen LogP contribution in [-0.4, -0.2) is 32.8 Å². The summed E-state index contributed by atoms with van der Waals surface area (Å²) in [6.45, 7) is 3.96. The smallest absolute Gasteiger partial charge is 0.254 e. The lowest BCUT2D eigenvalue weighted by molar-refractivity contribution is 0.0791. The number of nitrogens with zero attached hydrogens (tertiary/aromatic N) is 1. The number of primary sulfonamides is 1. The van der Waals surface area contributed by atoms with Gasteiger partial charge in [0.05, 0.1) is 4.90 Å². The number of sulfonamides is 1. The predicted octanol–water partition coefficient (Wildman–Crippen LogP) is 1.65. The molecule has 1 aromatic carbocycles. The molecule has 0 aliphatic carbocycles. The van der Waals surface area contributed by atoms with E-state index in [4.69, 9.17) is 5.14 Å². The molecule has 112 valence electrons. The third kappa shape index (κ3) is 3.77. The third-order valence-corrected chi connectivity index (χ3v) is 4.09. The van der Waals surface area contributed by atoms with Crippen LogP contribution < -0.4 is 5.14 Å². The fraction of sp³-hybridized carbons (Fsp3) is 0.462. The lowest BCUT2D eigenvalue weighted by atomic mass is 10.1. The summed E-state index contributed by atoms with van der Waals surface area (Å²) in [6, 6.07) is 1.86. The molecular weight excluding hydrogens is 283 g/mol. The molecule has 0 heterocycles. The van der Waals surface area contributed by atoms with Crippen molar-refractivity contribution in [3.63, 3.8) is 0 Å². The van der Waals surface area contributed by atoms with Gasteiger partial charge in [0.2, 0.25) is 10.0 Å². The Kier molecular flexibility index (Phi) is 5.24. The minimum atomic E-state index is -4.07. The summed E-state index contributed by atoms with van der Waals surface area (Å²) in [4.78, 5) is 13.3. The van der Waals surface area contributed by atoms with Gasteiger partial charge in [-0.25, -0.2) is 17.9 Å². The maximum atomic E-state index is 13.5. The first-order chi connectivity index (χ1) is 9.18. The number of carbonyl (C=O) groups is 1. The first-order valence-electron chi connectivity index (χ1n) is 6.27. The van der Waals surface area contributed by atoms with Crippen molar-refractivity contribution in [3.8, 4) is 0 Å². The Bertz CT molecular complexity index is 614. The lowest BCUT2D eigenvalue weighted by Crippen LogP contribution is -2.29. The zero-order chi connectivity index (χ0) is 15.5. The largest absolute Gasteiger partial charge is 0.342 e. The van der Waals surface area contributed by atoms with Crippen molar-refractivity contribution >= 4 is 15.9 Å². The van der Waals surface area contributed by atoms with Gasteiger partial charge >= 0.3 is 0 Å². The van der Waals surface area contributed by atoms with Gasteiger partial charge in [-0.2, -0.15) is 0 Å². The second-order valence-electron chi connectivity index (χ2n) is 4.70. The molecule has 5 nitrogen and oxygen atoms in total. The van der Waals surface area contributed by atoms with E-state index in [1.165, 1.54) is 11.8 Å². The molecule has 2 N–H and O–H groups in total. The number of hydrogen-bond acceptors (Lipinski definition) is 3. The molecule has 7 heteroatoms. The van der Waals surface area contributed by atoms with Crippen LogP contribution in [0.5, 0.6) is 0 Å². The summed E-state index contributed by atoms with van der Waals surface area (Å²) >= 11 is 0. The van der Waals surface area contributed by atoms with E-state index in [1.807, 2.05) is 6.92 Å². The number of nitrogens with two attached hydrogens (primary N) is 1. The summed E-state index contributed by atoms with van der Waals surface area (Å²) in [6.07, 6.45) is 1.74. The molecule has 1 aromatic rings. The van der Waals surface area contributed by atoms with E-state index in [1.54, 1.807) is 7.05 Å². The van der Waals surface area contributed by atoms with E-state index in [-0.39, 0.29) is 16.0 Å². The van der Waals surface area contributed by atoms with E-state index < -0.39 is 21.7 Å². The van der Waals surface area contributed by atoms with Crippen molar-refractivity contribution in [2.75, 3.05) is 13.6 Å². The van der Waals surface area contributed by atoms with E-state index >= 15 is 0 Å². The Morgan fingerprint density at radius 3 is 2.50 bits per heavy atom. The molecule has 0 aromatic heterocycles. The van der Waals surface area contributed by atoms with E-state index in [0.29, 0.717) is 6.54 Å². The number of benzene rings is 1. The Morgan fingerprint density at radius 1 is 1.40 bits per heavy atom. The molecule has 0 spiro atoms. The minimum absolute atomic E-state index is 0.0210. The fourth-order valence-electron chi connectivity index (χ4n) is 1.87. The van der Waals surface area contributed by atoms with Crippen LogP contribution in [-0.2, 0) is 10.0 Å². The van der Waals surface area contributed by atoms with Gasteiger partial charge < -0.3 is 4.90 Å². The molecule has 0 bridgehead atoms. The van der Waals surface area contributed by atoms with Crippen molar-refractivity contribution in [1.82, 2.24) is 4.90 Å². The molecular formula is C13H19FN2O3S. The molecule has 0 aliphatic rings. The first-order valence-corrected chi connectivity index (χ1v) is 7.81. The van der Waals surface area contributed by atoms with Gasteiger partial charge in [-0.1, -0.05) is 13.3 Å². The quantitative estimate of drug-likeness (QED) is 0.898. The Morgan fingerprint density at radius 2 is 2.00 bits per heavy atom. The lowest BCUT2D eigenvalue weighted by Gasteiger charge is -2.19. The predicted molar refractivity (Wildman–Crippen MR) is 74.4 cm³/mol. The zero-order valence-corrected chi connectivity index (χ0v) is 12.6. The second-order valence-corrected chi connectivity index (χ2v) is 6.23. The van der Waals surface area contributed by atoms with Gasteiger partial charge in [0.25, 0.3) is 5.91 Å². The summed E-state index contributed by atoms with van der Waals surface area (Å²) in [5, 5.41) is 5.03. The highest BCUT2D eigenvalue weighted by Crippen LogP contribution is 2.21. The normalized spacial score (nSPS) is 11.4. The fourth-order valence-corrected chi connectivity index (χ4v) is 2.69. The number of carbonyl (C=O) groups excluding carboxylic acids is 1. The average Bonchev–Trinajstić information content (AvgIpc) is 2.36. The molecule has 0 unspecified atom stereocenters. The van der Waals surface area contributed by atoms with Crippen LogP contribution >= 0.6 is 0 Å². The standard InChI is InChI=1S/C13H19FN2O3S/c1-4-5-6-16(3)13(17)11-7-10(14)8-12(9(11)2)20(15,18)19/h7-8H,4-6H2,1-3H3,(H2,15,18,19). The third-order valence-electron chi connectivity index (χ3n) is 3.06. The molecule has 0 atom stereocenters. The highest BCUT2D eigenvalue weighted by Gasteiger charge is 2.21. The molecule has 1 amide bonds. The second kappa shape index (κ2) is 6.32. The molecule has 20 heavy (non-hydrogen) atoms. The summed E-state index contributed by atoms with van der Waals surface area (Å²) in [7, 11) is -2.47. The van der Waals surface area contributed by atoms with Crippen molar-refractivity contribution in [2.24, 2.45) is 5.14 Å². The molecule has 0 fully saturated rings. The number of amides is 1. The van der Waals surface area contributed by atoms with Crippen molar-refractivity contribution in [3.05, 3.63) is 29.1 Å². The SMILES string of the molecule is CCCCN(C)C(=O)c1cc(F)cc(S(N)(=O)=O)c1C. The van der Waals surface area contributed by atoms with Crippen LogP contribution in [0.1, 0.15) is 35.7 Å². The van der Waals surface area contributed by atoms with Gasteiger partial charge in [0, 0.05) is 19.2 Å². The van der Waals surface area contributed by atoms with Crippen molar-refractivity contribution in [2.45, 2.75) is 31.6 Å². The molecule has 0 radical (unpaired) electrons. The number of halogens is 1. The maximum absolute atomic E-state index is 13.5. The van der Waals surface area contributed by atoms with E-state index in [0.717, 1.165) is 25.0 Å². The van der Waals surface area contributed by atoms with E-state index in [2.05, 4.69) is 0 Å². The van der Waals surface area contributed by atoms with Gasteiger partial charge in [0.1, 0.15) is 5.82 Å². The monoisotopic (exact) mass is 302 g/mol. The first kappa shape index (κ1) is 16.6. The highest BCUT2D eigenvalue weighted by atomic mass is 32.2. The molecule has 0 aliphatic heterocycles. The van der Waals surface area contributed by atoms with Crippen molar-refractivity contribution < 1.29 is 17.6 Å². The molecule has 1 rings (SSSR count). The highest BCUT2D eigenvalue weighted by molar-refractivity contribution is 7.89. The Hall–Kier alpha value is -1.47. The Balaban J connectivity index is 3.26. The Labute approximate surface area is 118 Å². The van der Waals surface area contributed by atoms with Crippen LogP contribution in [0.2, 0.25) is 0 Å². The van der Waals surface area contributed by atoms with Crippen LogP contribution in [0.3, 0.4) is 0 Å². The minimum Gasteiger partial charge on any atom is -0.342 e. The van der Waals surface area contributed by atoms with Crippen LogP contribution in [0.4, 0.5) is 4.39 Å². The number of unbranched alkanes of at least 4 members (excludes halogenated alkanes) is 1. The summed E-state index contributed by atoms with van der Waals surface area (Å²) in [5.74, 6) is -1.22. The topological polar surface area (TPSA) is 80.5 Å². The zero-order valence-electron chi connectivity index (χ0n) is 11.8. The van der Waals surface area contributed by atoms with Gasteiger partial charge in [0.15, 0.2) is 0 Å².